The molecule has 1 aliphatic heterocycles. The van der Waals surface area contributed by atoms with Crippen LogP contribution in [0.2, 0.25) is 5.02 Å². The van der Waals surface area contributed by atoms with E-state index in [2.05, 4.69) is 46.2 Å². The van der Waals surface area contributed by atoms with Gasteiger partial charge in [-0.25, -0.2) is 4.79 Å². The zero-order valence-corrected chi connectivity index (χ0v) is 26.0. The molecule has 228 valence electrons. The molecule has 0 bridgehead atoms. The van der Waals surface area contributed by atoms with E-state index in [0.29, 0.717) is 29.4 Å². The van der Waals surface area contributed by atoms with Crippen molar-refractivity contribution in [3.05, 3.63) is 143 Å². The summed E-state index contributed by atoms with van der Waals surface area (Å²) in [5, 5.41) is 0.738. The van der Waals surface area contributed by atoms with Crippen molar-refractivity contribution in [2.45, 2.75) is 13.2 Å². The van der Waals surface area contributed by atoms with Gasteiger partial charge in [-0.1, -0.05) is 84.4 Å². The fourth-order valence-electron chi connectivity index (χ4n) is 5.54. The molecule has 5 aromatic rings. The standard InChI is InChI=1S/C38H35ClN2O4/c1-43-38(42)36-19-18-32(24-37(36)45-34-12-7-11-33(25-34)44-27-28-8-3-2-4-9-28)41-22-20-40(21-23-41)26-30-10-5-6-13-35(30)29-14-16-31(39)17-15-29/h2-19,24-25H,20-23,26-27H2,1H3. The third-order valence-corrected chi connectivity index (χ3v) is 8.21. The summed E-state index contributed by atoms with van der Waals surface area (Å²) in [6.07, 6.45) is 0. The Kier molecular flexibility index (Phi) is 9.64. The second-order valence-corrected chi connectivity index (χ2v) is 11.4. The van der Waals surface area contributed by atoms with Gasteiger partial charge in [-0.3, -0.25) is 4.90 Å². The molecule has 6 nitrogen and oxygen atoms in total. The predicted octanol–water partition coefficient (Wildman–Crippen LogP) is 8.49. The summed E-state index contributed by atoms with van der Waals surface area (Å²) in [5.41, 5.74) is 6.13. The monoisotopic (exact) mass is 618 g/mol. The van der Waals surface area contributed by atoms with Gasteiger partial charge < -0.3 is 19.1 Å². The smallest absolute Gasteiger partial charge is 0.341 e. The number of piperazine rings is 1. The molecule has 5 aromatic carbocycles. The normalized spacial score (nSPS) is 13.3. The molecular formula is C38H35ClN2O4. The minimum absolute atomic E-state index is 0.370. The first-order chi connectivity index (χ1) is 22.1. The second kappa shape index (κ2) is 14.3. The van der Waals surface area contributed by atoms with Crippen LogP contribution in [0.15, 0.2) is 121 Å². The first-order valence-corrected chi connectivity index (χ1v) is 15.4. The minimum Gasteiger partial charge on any atom is -0.489 e. The van der Waals surface area contributed by atoms with Crippen molar-refractivity contribution in [1.29, 1.82) is 0 Å². The molecule has 0 amide bonds. The number of anilines is 1. The van der Waals surface area contributed by atoms with Crippen molar-refractivity contribution < 1.29 is 19.0 Å². The molecule has 1 saturated heterocycles. The Morgan fingerprint density at radius 2 is 1.49 bits per heavy atom. The van der Waals surface area contributed by atoms with Gasteiger partial charge in [0.05, 0.1) is 7.11 Å². The van der Waals surface area contributed by atoms with Gasteiger partial charge in [0.25, 0.3) is 0 Å². The van der Waals surface area contributed by atoms with Crippen LogP contribution < -0.4 is 14.4 Å². The molecule has 0 N–H and O–H groups in total. The lowest BCUT2D eigenvalue weighted by atomic mass is 9.99. The van der Waals surface area contributed by atoms with Crippen LogP contribution in [0.1, 0.15) is 21.5 Å². The zero-order valence-electron chi connectivity index (χ0n) is 25.2. The van der Waals surface area contributed by atoms with E-state index in [1.54, 1.807) is 6.07 Å². The number of nitrogens with zero attached hydrogens (tertiary/aromatic N) is 2. The molecule has 1 fully saturated rings. The van der Waals surface area contributed by atoms with Crippen molar-refractivity contribution in [3.8, 4) is 28.4 Å². The molecule has 45 heavy (non-hydrogen) atoms. The summed E-state index contributed by atoms with van der Waals surface area (Å²) in [4.78, 5) is 17.5. The Balaban J connectivity index is 1.13. The van der Waals surface area contributed by atoms with Crippen LogP contribution in [-0.4, -0.2) is 44.2 Å². The maximum Gasteiger partial charge on any atom is 0.341 e. The molecule has 0 aliphatic carbocycles. The molecule has 6 rings (SSSR count). The van der Waals surface area contributed by atoms with E-state index in [1.807, 2.05) is 78.9 Å². The highest BCUT2D eigenvalue weighted by Crippen LogP contribution is 2.33. The first kappa shape index (κ1) is 30.3. The van der Waals surface area contributed by atoms with Crippen molar-refractivity contribution in [3.63, 3.8) is 0 Å². The molecule has 1 aliphatic rings. The van der Waals surface area contributed by atoms with Crippen molar-refractivity contribution in [1.82, 2.24) is 4.90 Å². The summed E-state index contributed by atoms with van der Waals surface area (Å²) in [6, 6.07) is 39.7. The highest BCUT2D eigenvalue weighted by Gasteiger charge is 2.22. The van der Waals surface area contributed by atoms with Crippen molar-refractivity contribution in [2.75, 3.05) is 38.2 Å². The number of hydrogen-bond acceptors (Lipinski definition) is 6. The summed E-state index contributed by atoms with van der Waals surface area (Å²) in [7, 11) is 1.38. The third kappa shape index (κ3) is 7.66. The number of carbonyl (C=O) groups is 1. The maximum absolute atomic E-state index is 12.6. The van der Waals surface area contributed by atoms with E-state index in [1.165, 1.54) is 23.8 Å². The van der Waals surface area contributed by atoms with E-state index >= 15 is 0 Å². The average Bonchev–Trinajstić information content (AvgIpc) is 3.09. The Bertz CT molecular complexity index is 1740. The molecule has 1 heterocycles. The summed E-state index contributed by atoms with van der Waals surface area (Å²) < 4.78 is 17.3. The van der Waals surface area contributed by atoms with Crippen LogP contribution in [-0.2, 0) is 17.9 Å². The number of methoxy groups -OCH3 is 1. The third-order valence-electron chi connectivity index (χ3n) is 7.96. The molecule has 0 saturated carbocycles. The topological polar surface area (TPSA) is 51.2 Å². The lowest BCUT2D eigenvalue weighted by Gasteiger charge is -2.36. The van der Waals surface area contributed by atoms with Crippen LogP contribution in [0.25, 0.3) is 11.1 Å². The Labute approximate surface area is 269 Å². The largest absolute Gasteiger partial charge is 0.489 e. The molecule has 7 heteroatoms. The van der Waals surface area contributed by atoms with E-state index in [0.717, 1.165) is 49.0 Å². The first-order valence-electron chi connectivity index (χ1n) is 15.0. The highest BCUT2D eigenvalue weighted by molar-refractivity contribution is 6.30. The second-order valence-electron chi connectivity index (χ2n) is 11.0. The van der Waals surface area contributed by atoms with E-state index in [-0.39, 0.29) is 0 Å². The fourth-order valence-corrected chi connectivity index (χ4v) is 5.67. The lowest BCUT2D eigenvalue weighted by Crippen LogP contribution is -2.46. The summed E-state index contributed by atoms with van der Waals surface area (Å²) in [5.74, 6) is 1.25. The van der Waals surface area contributed by atoms with Crippen LogP contribution in [0.3, 0.4) is 0 Å². The van der Waals surface area contributed by atoms with Gasteiger partial charge in [0.2, 0.25) is 0 Å². The highest BCUT2D eigenvalue weighted by atomic mass is 35.5. The Morgan fingerprint density at radius 1 is 0.756 bits per heavy atom. The summed E-state index contributed by atoms with van der Waals surface area (Å²) in [6.45, 7) is 4.83. The van der Waals surface area contributed by atoms with Gasteiger partial charge in [0.1, 0.15) is 29.4 Å². The van der Waals surface area contributed by atoms with Gasteiger partial charge in [0.15, 0.2) is 0 Å². The average molecular weight is 619 g/mol. The molecule has 0 radical (unpaired) electrons. The molecular weight excluding hydrogens is 584 g/mol. The number of carbonyl (C=O) groups excluding carboxylic acids is 1. The zero-order chi connectivity index (χ0) is 31.0. The molecule has 0 atom stereocenters. The van der Waals surface area contributed by atoms with Crippen LogP contribution in [0.4, 0.5) is 5.69 Å². The van der Waals surface area contributed by atoms with E-state index in [4.69, 9.17) is 25.8 Å². The molecule has 0 aromatic heterocycles. The Hall–Kier alpha value is -4.78. The minimum atomic E-state index is -0.447. The lowest BCUT2D eigenvalue weighted by molar-refractivity contribution is 0.0598. The molecule has 0 unspecified atom stereocenters. The van der Waals surface area contributed by atoms with Gasteiger partial charge in [0, 0.05) is 55.6 Å². The number of hydrogen-bond donors (Lipinski definition) is 0. The summed E-state index contributed by atoms with van der Waals surface area (Å²) >= 11 is 6.13. The quantitative estimate of drug-likeness (QED) is 0.146. The van der Waals surface area contributed by atoms with Crippen molar-refractivity contribution >= 4 is 23.3 Å². The predicted molar refractivity (Wildman–Crippen MR) is 179 cm³/mol. The van der Waals surface area contributed by atoms with Gasteiger partial charge in [-0.05, 0) is 58.7 Å². The van der Waals surface area contributed by atoms with Gasteiger partial charge in [-0.15, -0.1) is 0 Å². The number of esters is 1. The number of rotatable bonds is 10. The number of ether oxygens (including phenoxy) is 3. The molecule has 0 spiro atoms. The number of halogens is 1. The van der Waals surface area contributed by atoms with Crippen LogP contribution in [0.5, 0.6) is 17.2 Å². The van der Waals surface area contributed by atoms with Gasteiger partial charge in [-0.2, -0.15) is 0 Å². The van der Waals surface area contributed by atoms with Crippen LogP contribution >= 0.6 is 11.6 Å². The van der Waals surface area contributed by atoms with E-state index in [9.17, 15) is 4.79 Å². The SMILES string of the molecule is COC(=O)c1ccc(N2CCN(Cc3ccccc3-c3ccc(Cl)cc3)CC2)cc1Oc1cccc(OCc2ccccc2)c1. The Morgan fingerprint density at radius 3 is 2.27 bits per heavy atom. The van der Waals surface area contributed by atoms with Crippen molar-refractivity contribution in [2.24, 2.45) is 0 Å². The number of benzene rings is 5. The van der Waals surface area contributed by atoms with E-state index < -0.39 is 5.97 Å². The van der Waals surface area contributed by atoms with Gasteiger partial charge >= 0.3 is 5.97 Å². The maximum atomic E-state index is 12.6. The fraction of sp³-hybridized carbons (Fsp3) is 0.184. The van der Waals surface area contributed by atoms with Crippen LogP contribution in [0, 0.1) is 0 Å².